The number of likely N-dealkylation sites (N-methyl/N-ethyl adjacent to an activating group) is 1. The lowest BCUT2D eigenvalue weighted by Crippen LogP contribution is -2.26. The van der Waals surface area contributed by atoms with E-state index in [-0.39, 0.29) is 6.04 Å². The van der Waals surface area contributed by atoms with Crippen molar-refractivity contribution in [2.75, 3.05) is 6.54 Å². The lowest BCUT2D eigenvalue weighted by Gasteiger charge is -2.18. The molecule has 1 unspecified atom stereocenters. The van der Waals surface area contributed by atoms with Crippen LogP contribution in [0.1, 0.15) is 37.0 Å². The van der Waals surface area contributed by atoms with Gasteiger partial charge in [-0.2, -0.15) is 5.10 Å². The number of rotatable bonds is 6. The Bertz CT molecular complexity index is 520. The van der Waals surface area contributed by atoms with Gasteiger partial charge >= 0.3 is 0 Å². The molecule has 0 aliphatic heterocycles. The smallest absolute Gasteiger partial charge is 0.138 e. The second-order valence-corrected chi connectivity index (χ2v) is 4.51. The molecule has 1 atom stereocenters. The number of nitrogens with one attached hydrogen (secondary N) is 1. The van der Waals surface area contributed by atoms with Crippen molar-refractivity contribution in [1.29, 1.82) is 0 Å². The van der Waals surface area contributed by atoms with Gasteiger partial charge in [-0.1, -0.05) is 13.0 Å². The maximum atomic E-state index is 4.51. The molecule has 0 fully saturated rings. The fraction of sp³-hybridized carbons (Fsp3) is 0.500. The van der Waals surface area contributed by atoms with Crippen LogP contribution in [0.2, 0.25) is 0 Å². The quantitative estimate of drug-likeness (QED) is 0.860. The van der Waals surface area contributed by atoms with Gasteiger partial charge in [0, 0.05) is 19.2 Å². The molecule has 0 spiro atoms. The van der Waals surface area contributed by atoms with E-state index in [1.54, 1.807) is 6.33 Å². The molecule has 0 aliphatic rings. The van der Waals surface area contributed by atoms with E-state index >= 15 is 0 Å². The van der Waals surface area contributed by atoms with E-state index in [4.69, 9.17) is 0 Å². The maximum absolute atomic E-state index is 4.51. The first-order valence-electron chi connectivity index (χ1n) is 6.77. The van der Waals surface area contributed by atoms with Crippen LogP contribution < -0.4 is 5.32 Å². The van der Waals surface area contributed by atoms with Crippen LogP contribution in [0.25, 0.3) is 0 Å². The van der Waals surface area contributed by atoms with Crippen LogP contribution >= 0.6 is 0 Å². The monoisotopic (exact) mass is 259 g/mol. The molecular weight excluding hydrogens is 238 g/mol. The van der Waals surface area contributed by atoms with E-state index in [2.05, 4.69) is 47.2 Å². The fourth-order valence-electron chi connectivity index (χ4n) is 2.27. The molecule has 2 rings (SSSR count). The van der Waals surface area contributed by atoms with Gasteiger partial charge in [-0.05, 0) is 32.0 Å². The van der Waals surface area contributed by atoms with Crippen LogP contribution in [0.5, 0.6) is 0 Å². The molecule has 2 heterocycles. The Balaban J connectivity index is 2.24. The van der Waals surface area contributed by atoms with E-state index in [0.717, 1.165) is 31.0 Å². The van der Waals surface area contributed by atoms with Crippen molar-refractivity contribution in [3.8, 4) is 0 Å². The molecule has 0 amide bonds. The Kier molecular flexibility index (Phi) is 4.63. The third-order valence-corrected chi connectivity index (χ3v) is 3.21. The molecule has 1 N–H and O–H groups in total. The van der Waals surface area contributed by atoms with E-state index in [9.17, 15) is 0 Å². The van der Waals surface area contributed by atoms with Crippen LogP contribution in [0.3, 0.4) is 0 Å². The summed E-state index contributed by atoms with van der Waals surface area (Å²) in [5, 5.41) is 7.71. The molecule has 2 aromatic rings. The van der Waals surface area contributed by atoms with Crippen molar-refractivity contribution in [2.45, 2.75) is 39.8 Å². The van der Waals surface area contributed by atoms with Crippen LogP contribution in [0.15, 0.2) is 24.7 Å². The predicted molar refractivity (Wildman–Crippen MR) is 74.8 cm³/mol. The number of hydrogen-bond donors (Lipinski definition) is 1. The molecular formula is C14H21N5. The Labute approximate surface area is 114 Å². The summed E-state index contributed by atoms with van der Waals surface area (Å²) in [7, 11) is 0. The van der Waals surface area contributed by atoms with Crippen LogP contribution in [-0.2, 0) is 13.0 Å². The zero-order chi connectivity index (χ0) is 13.7. The lowest BCUT2D eigenvalue weighted by molar-refractivity contribution is 0.498. The molecule has 19 heavy (non-hydrogen) atoms. The first-order chi connectivity index (χ1) is 9.26. The van der Waals surface area contributed by atoms with E-state index < -0.39 is 0 Å². The van der Waals surface area contributed by atoms with Gasteiger partial charge < -0.3 is 5.32 Å². The van der Waals surface area contributed by atoms with E-state index in [1.165, 1.54) is 5.56 Å². The SMILES string of the molecule is CCNC(Cc1ncnn1CC)c1ncccc1C. The Morgan fingerprint density at radius 2 is 2.16 bits per heavy atom. The van der Waals surface area contributed by atoms with Gasteiger partial charge in [0.05, 0.1) is 11.7 Å². The van der Waals surface area contributed by atoms with Crippen molar-refractivity contribution < 1.29 is 0 Å². The van der Waals surface area contributed by atoms with Crippen molar-refractivity contribution >= 4 is 0 Å². The zero-order valence-corrected chi connectivity index (χ0v) is 11.8. The number of nitrogens with zero attached hydrogens (tertiary/aromatic N) is 4. The van der Waals surface area contributed by atoms with Crippen molar-refractivity contribution in [3.05, 3.63) is 41.7 Å². The molecule has 0 aliphatic carbocycles. The average Bonchev–Trinajstić information content (AvgIpc) is 2.86. The molecule has 0 radical (unpaired) electrons. The van der Waals surface area contributed by atoms with Gasteiger partial charge in [0.1, 0.15) is 12.2 Å². The minimum Gasteiger partial charge on any atom is -0.309 e. The molecule has 102 valence electrons. The van der Waals surface area contributed by atoms with E-state index in [0.29, 0.717) is 0 Å². The third kappa shape index (κ3) is 3.17. The summed E-state index contributed by atoms with van der Waals surface area (Å²) in [6, 6.07) is 4.24. The summed E-state index contributed by atoms with van der Waals surface area (Å²) in [6.07, 6.45) is 4.27. The number of aryl methyl sites for hydroxylation is 2. The van der Waals surface area contributed by atoms with Crippen molar-refractivity contribution in [2.24, 2.45) is 0 Å². The normalized spacial score (nSPS) is 12.6. The Morgan fingerprint density at radius 3 is 2.84 bits per heavy atom. The highest BCUT2D eigenvalue weighted by molar-refractivity contribution is 5.22. The number of hydrogen-bond acceptors (Lipinski definition) is 4. The second-order valence-electron chi connectivity index (χ2n) is 4.51. The van der Waals surface area contributed by atoms with E-state index in [1.807, 2.05) is 16.9 Å². The predicted octanol–water partition coefficient (Wildman–Crippen LogP) is 1.89. The highest BCUT2D eigenvalue weighted by Gasteiger charge is 2.17. The Morgan fingerprint density at radius 1 is 1.32 bits per heavy atom. The second kappa shape index (κ2) is 6.43. The maximum Gasteiger partial charge on any atom is 0.138 e. The Hall–Kier alpha value is -1.75. The van der Waals surface area contributed by atoms with Crippen LogP contribution in [0, 0.1) is 6.92 Å². The lowest BCUT2D eigenvalue weighted by atomic mass is 10.0. The minimum atomic E-state index is 0.181. The topological polar surface area (TPSA) is 55.6 Å². The number of pyridine rings is 1. The molecule has 0 aromatic carbocycles. The van der Waals surface area contributed by atoms with Crippen LogP contribution in [-0.4, -0.2) is 26.3 Å². The van der Waals surface area contributed by atoms with Gasteiger partial charge in [-0.3, -0.25) is 9.67 Å². The molecule has 2 aromatic heterocycles. The molecule has 5 heteroatoms. The first-order valence-corrected chi connectivity index (χ1v) is 6.77. The largest absolute Gasteiger partial charge is 0.309 e. The van der Waals surface area contributed by atoms with Gasteiger partial charge in [-0.25, -0.2) is 4.98 Å². The summed E-state index contributed by atoms with van der Waals surface area (Å²) in [4.78, 5) is 8.86. The summed E-state index contributed by atoms with van der Waals surface area (Å²) in [5.41, 5.74) is 2.30. The summed E-state index contributed by atoms with van der Waals surface area (Å²) in [6.45, 7) is 8.02. The fourth-order valence-corrected chi connectivity index (χ4v) is 2.27. The summed E-state index contributed by atoms with van der Waals surface area (Å²) >= 11 is 0. The summed E-state index contributed by atoms with van der Waals surface area (Å²) in [5.74, 6) is 0.999. The highest BCUT2D eigenvalue weighted by atomic mass is 15.3. The van der Waals surface area contributed by atoms with Crippen molar-refractivity contribution in [1.82, 2.24) is 25.1 Å². The third-order valence-electron chi connectivity index (χ3n) is 3.21. The zero-order valence-electron chi connectivity index (χ0n) is 11.8. The first kappa shape index (κ1) is 13.7. The van der Waals surface area contributed by atoms with Crippen molar-refractivity contribution in [3.63, 3.8) is 0 Å². The average molecular weight is 259 g/mol. The molecule has 5 nitrogen and oxygen atoms in total. The van der Waals surface area contributed by atoms with Gasteiger partial charge in [0.2, 0.25) is 0 Å². The summed E-state index contributed by atoms with van der Waals surface area (Å²) < 4.78 is 1.93. The van der Waals surface area contributed by atoms with Gasteiger partial charge in [-0.15, -0.1) is 0 Å². The minimum absolute atomic E-state index is 0.181. The molecule has 0 saturated carbocycles. The highest BCUT2D eigenvalue weighted by Crippen LogP contribution is 2.18. The van der Waals surface area contributed by atoms with Crippen LogP contribution in [0.4, 0.5) is 0 Å². The number of aromatic nitrogens is 4. The van der Waals surface area contributed by atoms with Gasteiger partial charge in [0.15, 0.2) is 0 Å². The molecule has 0 saturated heterocycles. The molecule has 0 bridgehead atoms. The standard InChI is InChI=1S/C14H21N5/c1-4-15-12(14-11(3)7-6-8-16-14)9-13-17-10-18-19(13)5-2/h6-8,10,12,15H,4-5,9H2,1-3H3. The van der Waals surface area contributed by atoms with Gasteiger partial charge in [0.25, 0.3) is 0 Å².